The van der Waals surface area contributed by atoms with Gasteiger partial charge < -0.3 is 0 Å². The van der Waals surface area contributed by atoms with Crippen molar-refractivity contribution in [3.05, 3.63) is 54.1 Å². The average molecular weight is 241 g/mol. The van der Waals surface area contributed by atoms with Gasteiger partial charge in [-0.25, -0.2) is 9.13 Å². The number of nitrogens with zero attached hydrogens (tertiary/aromatic N) is 2. The molecule has 0 aliphatic carbocycles. The summed E-state index contributed by atoms with van der Waals surface area (Å²) in [5.41, 5.74) is 0.230. The van der Waals surface area contributed by atoms with Gasteiger partial charge in [0.2, 0.25) is 6.33 Å². The van der Waals surface area contributed by atoms with Crippen LogP contribution in [-0.4, -0.2) is 4.57 Å². The Labute approximate surface area is 96.9 Å². The number of imidazole rings is 1. The quantitative estimate of drug-likeness (QED) is 0.714. The zero-order valence-corrected chi connectivity index (χ0v) is 9.28. The van der Waals surface area contributed by atoms with Crippen molar-refractivity contribution in [3.63, 3.8) is 0 Å². The molecule has 0 unspecified atom stereocenters. The van der Waals surface area contributed by atoms with E-state index >= 15 is 0 Å². The molecule has 0 fully saturated rings. The topological polar surface area (TPSA) is 8.81 Å². The second-order valence-corrected chi connectivity index (χ2v) is 3.95. The van der Waals surface area contributed by atoms with E-state index in [4.69, 9.17) is 0 Å². The highest BCUT2D eigenvalue weighted by Gasteiger charge is 2.29. The number of benzene rings is 1. The number of aryl methyl sites for hydroxylation is 1. The van der Waals surface area contributed by atoms with Crippen LogP contribution in [0.25, 0.3) is 0 Å². The predicted molar refractivity (Wildman–Crippen MR) is 56.2 cm³/mol. The fourth-order valence-corrected chi connectivity index (χ4v) is 1.61. The molecule has 5 heteroatoms. The van der Waals surface area contributed by atoms with Crippen molar-refractivity contribution < 1.29 is 17.7 Å². The summed E-state index contributed by atoms with van der Waals surface area (Å²) < 4.78 is 40.8. The lowest BCUT2D eigenvalue weighted by molar-refractivity contribution is -0.671. The van der Waals surface area contributed by atoms with Crippen molar-refractivity contribution in [1.29, 1.82) is 0 Å². The molecular formula is C12H12F3N2+. The molecule has 17 heavy (non-hydrogen) atoms. The third kappa shape index (κ3) is 2.87. The minimum atomic E-state index is -4.27. The van der Waals surface area contributed by atoms with E-state index in [0.717, 1.165) is 17.7 Å². The summed E-state index contributed by atoms with van der Waals surface area (Å²) in [4.78, 5) is 0. The molecule has 0 amide bonds. The van der Waals surface area contributed by atoms with Gasteiger partial charge in [-0.2, -0.15) is 13.2 Å². The number of alkyl halides is 3. The maximum Gasteiger partial charge on any atom is 0.416 e. The first-order chi connectivity index (χ1) is 7.95. The van der Waals surface area contributed by atoms with Gasteiger partial charge in [-0.15, -0.1) is 0 Å². The third-order valence-electron chi connectivity index (χ3n) is 2.47. The number of hydrogen-bond acceptors (Lipinski definition) is 0. The van der Waals surface area contributed by atoms with Crippen molar-refractivity contribution >= 4 is 0 Å². The van der Waals surface area contributed by atoms with E-state index in [1.54, 1.807) is 0 Å². The molecule has 0 saturated heterocycles. The van der Waals surface area contributed by atoms with Gasteiger partial charge in [0.25, 0.3) is 0 Å². The summed E-state index contributed by atoms with van der Waals surface area (Å²) >= 11 is 0. The van der Waals surface area contributed by atoms with E-state index in [1.807, 2.05) is 34.9 Å². The molecule has 0 radical (unpaired) electrons. The second kappa shape index (κ2) is 4.24. The van der Waals surface area contributed by atoms with Crippen LogP contribution in [-0.2, 0) is 19.8 Å². The van der Waals surface area contributed by atoms with Crippen molar-refractivity contribution in [2.24, 2.45) is 7.05 Å². The van der Waals surface area contributed by atoms with Gasteiger partial charge in [0.1, 0.15) is 18.9 Å². The molecule has 0 N–H and O–H groups in total. The maximum atomic E-state index is 12.3. The molecule has 90 valence electrons. The minimum absolute atomic E-state index is 0.568. The Morgan fingerprint density at radius 1 is 1.18 bits per heavy atom. The molecule has 0 aliphatic rings. The Hall–Kier alpha value is -1.78. The average Bonchev–Trinajstić information content (AvgIpc) is 2.63. The highest BCUT2D eigenvalue weighted by atomic mass is 19.4. The first kappa shape index (κ1) is 11.7. The Morgan fingerprint density at radius 2 is 1.82 bits per heavy atom. The maximum absolute atomic E-state index is 12.3. The molecule has 2 aromatic rings. The van der Waals surface area contributed by atoms with Gasteiger partial charge in [-0.05, 0) is 17.7 Å². The second-order valence-electron chi connectivity index (χ2n) is 3.95. The normalized spacial score (nSPS) is 11.8. The number of aromatic nitrogens is 2. The van der Waals surface area contributed by atoms with Crippen molar-refractivity contribution in [2.45, 2.75) is 12.7 Å². The molecule has 2 rings (SSSR count). The first-order valence-electron chi connectivity index (χ1n) is 5.12. The third-order valence-corrected chi connectivity index (χ3v) is 2.47. The van der Waals surface area contributed by atoms with Crippen LogP contribution in [0.5, 0.6) is 0 Å². The van der Waals surface area contributed by atoms with Crippen LogP contribution in [0.15, 0.2) is 43.0 Å². The van der Waals surface area contributed by atoms with Crippen LogP contribution in [0, 0.1) is 0 Å². The zero-order chi connectivity index (χ0) is 12.5. The Bertz CT molecular complexity index is 497. The molecule has 0 saturated carbocycles. The first-order valence-corrected chi connectivity index (χ1v) is 5.12. The Balaban J connectivity index is 2.13. The van der Waals surface area contributed by atoms with Crippen LogP contribution >= 0.6 is 0 Å². The van der Waals surface area contributed by atoms with Gasteiger partial charge in [0.05, 0.1) is 12.6 Å². The number of hydrogen-bond donors (Lipinski definition) is 0. The molecule has 0 bridgehead atoms. The van der Waals surface area contributed by atoms with Crippen LogP contribution in [0.1, 0.15) is 11.1 Å². The predicted octanol–water partition coefficient (Wildman–Crippen LogP) is 2.38. The summed E-state index contributed by atoms with van der Waals surface area (Å²) in [6.07, 6.45) is 1.36. The summed E-state index contributed by atoms with van der Waals surface area (Å²) in [5.74, 6) is 0. The molecule has 0 aliphatic heterocycles. The van der Waals surface area contributed by atoms with E-state index in [9.17, 15) is 13.2 Å². The lowest BCUT2D eigenvalue weighted by atomic mass is 10.1. The summed E-state index contributed by atoms with van der Waals surface area (Å²) in [6, 6.07) is 5.23. The zero-order valence-electron chi connectivity index (χ0n) is 9.28. The molecule has 0 spiro atoms. The van der Waals surface area contributed by atoms with Gasteiger partial charge in [0.15, 0.2) is 0 Å². The van der Waals surface area contributed by atoms with E-state index in [2.05, 4.69) is 0 Å². The molecular weight excluding hydrogens is 229 g/mol. The summed E-state index contributed by atoms with van der Waals surface area (Å²) in [6.45, 7) is 0.568. The smallest absolute Gasteiger partial charge is 0.240 e. The Morgan fingerprint density at radius 3 is 2.29 bits per heavy atom. The van der Waals surface area contributed by atoms with E-state index in [1.165, 1.54) is 12.1 Å². The number of halogens is 3. The largest absolute Gasteiger partial charge is 0.416 e. The minimum Gasteiger partial charge on any atom is -0.240 e. The Kier molecular flexibility index (Phi) is 2.92. The molecule has 1 heterocycles. The van der Waals surface area contributed by atoms with Crippen LogP contribution in [0.2, 0.25) is 0 Å². The van der Waals surface area contributed by atoms with Gasteiger partial charge in [-0.3, -0.25) is 0 Å². The number of rotatable bonds is 2. The van der Waals surface area contributed by atoms with Crippen LogP contribution in [0.3, 0.4) is 0 Å². The van der Waals surface area contributed by atoms with Gasteiger partial charge in [0, 0.05) is 0 Å². The van der Waals surface area contributed by atoms with Gasteiger partial charge in [-0.1, -0.05) is 12.1 Å². The van der Waals surface area contributed by atoms with E-state index < -0.39 is 11.7 Å². The fraction of sp³-hybridized carbons (Fsp3) is 0.250. The molecule has 1 aromatic heterocycles. The fourth-order valence-electron chi connectivity index (χ4n) is 1.61. The molecule has 1 aromatic carbocycles. The lowest BCUT2D eigenvalue weighted by Crippen LogP contribution is -2.23. The van der Waals surface area contributed by atoms with Crippen LogP contribution < -0.4 is 4.57 Å². The molecule has 2 nitrogen and oxygen atoms in total. The monoisotopic (exact) mass is 241 g/mol. The van der Waals surface area contributed by atoms with Crippen LogP contribution in [0.4, 0.5) is 13.2 Å². The SMILES string of the molecule is C[n+]1ccn(Cc2ccc(C(F)(F)F)cc2)c1. The summed E-state index contributed by atoms with van der Waals surface area (Å²) in [7, 11) is 1.89. The van der Waals surface area contributed by atoms with Gasteiger partial charge >= 0.3 is 6.18 Å². The van der Waals surface area contributed by atoms with Crippen molar-refractivity contribution in [1.82, 2.24) is 4.57 Å². The van der Waals surface area contributed by atoms with Crippen molar-refractivity contribution in [2.75, 3.05) is 0 Å². The highest BCUT2D eigenvalue weighted by molar-refractivity contribution is 5.24. The standard InChI is InChI=1S/C12H12F3N2/c1-16-6-7-17(9-16)8-10-2-4-11(5-3-10)12(13,14)15/h2-7,9H,8H2,1H3/q+1. The summed E-state index contributed by atoms with van der Waals surface area (Å²) in [5, 5.41) is 0. The highest BCUT2D eigenvalue weighted by Crippen LogP contribution is 2.29. The van der Waals surface area contributed by atoms with Crippen molar-refractivity contribution in [3.8, 4) is 0 Å². The van der Waals surface area contributed by atoms with E-state index in [0.29, 0.717) is 6.54 Å². The lowest BCUT2D eigenvalue weighted by Gasteiger charge is -2.06. The van der Waals surface area contributed by atoms with E-state index in [-0.39, 0.29) is 0 Å². The molecule has 0 atom stereocenters.